The molecule has 0 unspecified atom stereocenters. The highest BCUT2D eigenvalue weighted by Gasteiger charge is 2.08. The van der Waals surface area contributed by atoms with E-state index < -0.39 is 0 Å². The smallest absolute Gasteiger partial charge is 0.240 e. The van der Waals surface area contributed by atoms with Gasteiger partial charge in [-0.2, -0.15) is 5.10 Å². The van der Waals surface area contributed by atoms with Crippen LogP contribution in [0.15, 0.2) is 40.8 Å². The van der Waals surface area contributed by atoms with Crippen LogP contribution in [-0.4, -0.2) is 18.0 Å². The molecule has 23 heavy (non-hydrogen) atoms. The Morgan fingerprint density at radius 2 is 2.04 bits per heavy atom. The summed E-state index contributed by atoms with van der Waals surface area (Å²) in [5.74, 6) is -0.473. The third-order valence-electron chi connectivity index (χ3n) is 2.97. The summed E-state index contributed by atoms with van der Waals surface area (Å²) in [5, 5.41) is 8.60. The molecule has 0 saturated heterocycles. The average molecular weight is 441 g/mol. The highest BCUT2D eigenvalue weighted by Crippen LogP contribution is 2.17. The van der Waals surface area contributed by atoms with Gasteiger partial charge in [-0.25, -0.2) is 5.43 Å². The third kappa shape index (κ3) is 6.11. The van der Waals surface area contributed by atoms with Gasteiger partial charge in [-0.1, -0.05) is 6.07 Å². The van der Waals surface area contributed by atoms with Crippen LogP contribution in [0.3, 0.4) is 0 Å². The summed E-state index contributed by atoms with van der Waals surface area (Å²) >= 11 is 3.75. The maximum Gasteiger partial charge on any atom is 0.240 e. The van der Waals surface area contributed by atoms with Gasteiger partial charge in [0.25, 0.3) is 0 Å². The predicted octanol–water partition coefficient (Wildman–Crippen LogP) is 3.53. The van der Waals surface area contributed by atoms with Crippen LogP contribution in [0.1, 0.15) is 23.3 Å². The van der Waals surface area contributed by atoms with Crippen LogP contribution in [0.5, 0.6) is 0 Å². The first-order chi connectivity index (χ1) is 11.0. The van der Waals surface area contributed by atoms with Crippen molar-refractivity contribution < 1.29 is 9.59 Å². The van der Waals surface area contributed by atoms with Crippen molar-refractivity contribution in [2.75, 3.05) is 5.32 Å². The van der Waals surface area contributed by atoms with Gasteiger partial charge < -0.3 is 5.32 Å². The first kappa shape index (κ1) is 17.6. The fourth-order valence-electron chi connectivity index (χ4n) is 1.80. The Hall–Kier alpha value is -1.74. The van der Waals surface area contributed by atoms with E-state index in [4.69, 9.17) is 0 Å². The molecule has 0 saturated carbocycles. The average Bonchev–Trinajstić information content (AvgIpc) is 3.01. The molecule has 0 radical (unpaired) electrons. The van der Waals surface area contributed by atoms with Crippen molar-refractivity contribution in [3.8, 4) is 0 Å². The topological polar surface area (TPSA) is 70.6 Å². The molecule has 2 amide bonds. The van der Waals surface area contributed by atoms with Gasteiger partial charge in [-0.3, -0.25) is 9.59 Å². The zero-order valence-electron chi connectivity index (χ0n) is 12.5. The maximum absolute atomic E-state index is 11.9. The first-order valence-corrected chi connectivity index (χ1v) is 8.92. The van der Waals surface area contributed by atoms with Crippen LogP contribution in [0.2, 0.25) is 0 Å². The molecule has 0 aliphatic carbocycles. The lowest BCUT2D eigenvalue weighted by Crippen LogP contribution is -2.20. The predicted molar refractivity (Wildman–Crippen MR) is 102 cm³/mol. The van der Waals surface area contributed by atoms with E-state index >= 15 is 0 Å². The lowest BCUT2D eigenvalue weighted by Gasteiger charge is -2.08. The largest absolute Gasteiger partial charge is 0.326 e. The molecule has 0 fully saturated rings. The molecule has 2 rings (SSSR count). The van der Waals surface area contributed by atoms with Crippen LogP contribution in [0.25, 0.3) is 0 Å². The van der Waals surface area contributed by atoms with Crippen molar-refractivity contribution in [2.45, 2.75) is 19.8 Å². The summed E-state index contributed by atoms with van der Waals surface area (Å²) < 4.78 is 1.11. The van der Waals surface area contributed by atoms with Gasteiger partial charge in [-0.15, -0.1) is 11.3 Å². The number of anilines is 1. The fraction of sp³-hybridized carbons (Fsp3) is 0.188. The number of nitrogens with one attached hydrogen (secondary N) is 2. The molecule has 1 aromatic carbocycles. The Morgan fingerprint density at radius 1 is 1.26 bits per heavy atom. The summed E-state index contributed by atoms with van der Waals surface area (Å²) in [6.45, 7) is 1.93. The van der Waals surface area contributed by atoms with E-state index in [-0.39, 0.29) is 24.7 Å². The Kier molecular flexibility index (Phi) is 6.72. The number of carbonyl (C=O) groups is 2. The van der Waals surface area contributed by atoms with Crippen LogP contribution in [0, 0.1) is 10.5 Å². The molecule has 0 bridgehead atoms. The number of aryl methyl sites for hydroxylation is 1. The summed E-state index contributed by atoms with van der Waals surface area (Å²) in [6, 6.07) is 9.58. The lowest BCUT2D eigenvalue weighted by atomic mass is 10.2. The van der Waals surface area contributed by atoms with E-state index in [0.29, 0.717) is 0 Å². The molecule has 0 spiro atoms. The Labute approximate surface area is 152 Å². The summed E-state index contributed by atoms with van der Waals surface area (Å²) in [7, 11) is 0. The molecule has 2 N–H and O–H groups in total. The van der Waals surface area contributed by atoms with Crippen LogP contribution < -0.4 is 10.7 Å². The standard InChI is InChI=1S/C16H16IN3O2S/c1-11-9-12(17)4-5-14(11)19-15(21)6-7-16(22)20-18-10-13-3-2-8-23-13/h2-5,8-10H,6-7H2,1H3,(H,19,21)(H,20,22)/b18-10+. The van der Waals surface area contributed by atoms with Gasteiger partial charge in [0, 0.05) is 27.0 Å². The SMILES string of the molecule is Cc1cc(I)ccc1NC(=O)CCC(=O)N/N=C/c1cccs1. The van der Waals surface area contributed by atoms with E-state index in [1.54, 1.807) is 6.21 Å². The molecule has 0 atom stereocenters. The van der Waals surface area contributed by atoms with Gasteiger partial charge >= 0.3 is 0 Å². The summed E-state index contributed by atoms with van der Waals surface area (Å²) in [4.78, 5) is 24.5. The lowest BCUT2D eigenvalue weighted by molar-refractivity contribution is -0.124. The zero-order valence-corrected chi connectivity index (χ0v) is 15.5. The van der Waals surface area contributed by atoms with Gasteiger partial charge in [0.2, 0.25) is 11.8 Å². The normalized spacial score (nSPS) is 10.7. The number of amides is 2. The minimum absolute atomic E-state index is 0.0943. The van der Waals surface area contributed by atoms with E-state index in [2.05, 4.69) is 38.4 Å². The highest BCUT2D eigenvalue weighted by molar-refractivity contribution is 14.1. The number of benzene rings is 1. The molecule has 2 aromatic rings. The van der Waals surface area contributed by atoms with E-state index in [0.717, 1.165) is 19.7 Å². The second kappa shape index (κ2) is 8.78. The van der Waals surface area contributed by atoms with Crippen LogP contribution in [-0.2, 0) is 9.59 Å². The third-order valence-corrected chi connectivity index (χ3v) is 4.44. The fourth-order valence-corrected chi connectivity index (χ4v) is 3.03. The zero-order chi connectivity index (χ0) is 16.7. The number of hydrogen-bond acceptors (Lipinski definition) is 4. The minimum atomic E-state index is -0.285. The van der Waals surface area contributed by atoms with Crippen LogP contribution in [0.4, 0.5) is 5.69 Å². The molecular weight excluding hydrogens is 425 g/mol. The first-order valence-electron chi connectivity index (χ1n) is 6.96. The number of hydrogen-bond donors (Lipinski definition) is 2. The second-order valence-electron chi connectivity index (χ2n) is 4.82. The van der Waals surface area contributed by atoms with Crippen LogP contribution >= 0.6 is 33.9 Å². The van der Waals surface area contributed by atoms with Gasteiger partial charge in [0.1, 0.15) is 0 Å². The van der Waals surface area contributed by atoms with Crippen molar-refractivity contribution >= 4 is 57.6 Å². The van der Waals surface area contributed by atoms with Gasteiger partial charge in [0.05, 0.1) is 6.21 Å². The number of halogens is 1. The van der Waals surface area contributed by atoms with Gasteiger partial charge in [0.15, 0.2) is 0 Å². The van der Waals surface area contributed by atoms with E-state index in [1.165, 1.54) is 11.3 Å². The second-order valence-corrected chi connectivity index (χ2v) is 7.04. The molecule has 0 aliphatic rings. The van der Waals surface area contributed by atoms with Crippen molar-refractivity contribution in [1.82, 2.24) is 5.43 Å². The quantitative estimate of drug-likeness (QED) is 0.409. The molecule has 1 aromatic heterocycles. The summed E-state index contributed by atoms with van der Waals surface area (Å²) in [5.41, 5.74) is 4.18. The van der Waals surface area contributed by atoms with Crippen molar-refractivity contribution in [3.63, 3.8) is 0 Å². The number of carbonyl (C=O) groups excluding carboxylic acids is 2. The van der Waals surface area contributed by atoms with Gasteiger partial charge in [-0.05, 0) is 64.7 Å². The molecule has 7 heteroatoms. The molecule has 5 nitrogen and oxygen atoms in total. The molecule has 1 heterocycles. The number of thiophene rings is 1. The monoisotopic (exact) mass is 441 g/mol. The van der Waals surface area contributed by atoms with Crippen molar-refractivity contribution in [1.29, 1.82) is 0 Å². The Balaban J connectivity index is 1.74. The Bertz CT molecular complexity index is 714. The summed E-state index contributed by atoms with van der Waals surface area (Å²) in [6.07, 6.45) is 1.79. The number of nitrogens with zero attached hydrogens (tertiary/aromatic N) is 1. The van der Waals surface area contributed by atoms with E-state index in [1.807, 2.05) is 42.6 Å². The highest BCUT2D eigenvalue weighted by atomic mass is 127. The molecular formula is C16H16IN3O2S. The molecule has 0 aliphatic heterocycles. The number of rotatable bonds is 6. The molecule has 120 valence electrons. The van der Waals surface area contributed by atoms with E-state index in [9.17, 15) is 9.59 Å². The van der Waals surface area contributed by atoms with Crippen molar-refractivity contribution in [2.24, 2.45) is 5.10 Å². The maximum atomic E-state index is 11.9. The van der Waals surface area contributed by atoms with Crippen molar-refractivity contribution in [3.05, 3.63) is 49.7 Å². The Morgan fingerprint density at radius 3 is 2.74 bits per heavy atom. The minimum Gasteiger partial charge on any atom is -0.326 e. The number of hydrazone groups is 1.